The van der Waals surface area contributed by atoms with E-state index < -0.39 is 11.8 Å². The molecule has 2 N–H and O–H groups in total. The number of carbonyl (C=O) groups excluding carboxylic acids is 2. The van der Waals surface area contributed by atoms with Crippen molar-refractivity contribution in [1.82, 2.24) is 10.9 Å². The van der Waals surface area contributed by atoms with Crippen molar-refractivity contribution in [2.75, 3.05) is 0 Å². The molecule has 0 atom stereocenters. The Kier molecular flexibility index (Phi) is 5.27. The summed E-state index contributed by atoms with van der Waals surface area (Å²) < 4.78 is 12.7. The summed E-state index contributed by atoms with van der Waals surface area (Å²) >= 11 is 5.72. The van der Waals surface area contributed by atoms with Crippen molar-refractivity contribution in [3.05, 3.63) is 76.6 Å². The highest BCUT2D eigenvalue weighted by molar-refractivity contribution is 6.30. The number of amides is 2. The van der Waals surface area contributed by atoms with E-state index in [9.17, 15) is 14.0 Å². The Bertz CT molecular complexity index is 697. The normalized spacial score (nSPS) is 10.5. The molecule has 0 saturated carbocycles. The maximum atomic E-state index is 12.7. The molecule has 0 aliphatic carbocycles. The fourth-order valence-corrected chi connectivity index (χ4v) is 1.71. The van der Waals surface area contributed by atoms with Crippen LogP contribution in [0.1, 0.15) is 15.9 Å². The van der Waals surface area contributed by atoms with Gasteiger partial charge in [-0.1, -0.05) is 23.7 Å². The van der Waals surface area contributed by atoms with Crippen LogP contribution in [0.3, 0.4) is 0 Å². The van der Waals surface area contributed by atoms with E-state index >= 15 is 0 Å². The topological polar surface area (TPSA) is 58.2 Å². The van der Waals surface area contributed by atoms with Crippen LogP contribution < -0.4 is 10.9 Å². The Morgan fingerprint density at radius 1 is 0.955 bits per heavy atom. The Morgan fingerprint density at radius 3 is 2.23 bits per heavy atom. The number of hydrogen-bond acceptors (Lipinski definition) is 2. The zero-order valence-electron chi connectivity index (χ0n) is 11.3. The van der Waals surface area contributed by atoms with Gasteiger partial charge in [0.15, 0.2) is 0 Å². The predicted molar refractivity (Wildman–Crippen MR) is 82.5 cm³/mol. The largest absolute Gasteiger partial charge is 0.269 e. The lowest BCUT2D eigenvalue weighted by Gasteiger charge is -2.05. The van der Waals surface area contributed by atoms with E-state index in [1.54, 1.807) is 12.1 Å². The summed E-state index contributed by atoms with van der Waals surface area (Å²) in [5.41, 5.74) is 5.55. The molecular formula is C16H12ClFN2O2. The van der Waals surface area contributed by atoms with Gasteiger partial charge < -0.3 is 0 Å². The molecule has 2 amide bonds. The highest BCUT2D eigenvalue weighted by Gasteiger charge is 2.05. The lowest BCUT2D eigenvalue weighted by Crippen LogP contribution is -2.40. The van der Waals surface area contributed by atoms with Crippen LogP contribution in [0.4, 0.5) is 4.39 Å². The molecular weight excluding hydrogens is 307 g/mol. The molecule has 4 nitrogen and oxygen atoms in total. The minimum absolute atomic E-state index is 0.350. The Hall–Kier alpha value is -2.66. The van der Waals surface area contributed by atoms with Crippen LogP contribution in [0.2, 0.25) is 5.02 Å². The van der Waals surface area contributed by atoms with Gasteiger partial charge in [-0.15, -0.1) is 0 Å². The lowest BCUT2D eigenvalue weighted by molar-refractivity contribution is -0.117. The van der Waals surface area contributed by atoms with Gasteiger partial charge in [-0.25, -0.2) is 4.39 Å². The van der Waals surface area contributed by atoms with E-state index in [0.29, 0.717) is 16.1 Å². The number of carbonyl (C=O) groups is 2. The van der Waals surface area contributed by atoms with Crippen LogP contribution >= 0.6 is 11.6 Å². The summed E-state index contributed by atoms with van der Waals surface area (Å²) in [6.45, 7) is 0. The minimum Gasteiger partial charge on any atom is -0.268 e. The standard InChI is InChI=1S/C16H12ClFN2O2/c17-13-6-4-12(5-7-13)16(22)20-19-15(21)10-3-11-1-8-14(18)9-2-11/h1-10H,(H,19,21)(H,20,22)/b10-3+. The number of rotatable bonds is 3. The zero-order chi connectivity index (χ0) is 15.9. The molecule has 6 heteroatoms. The molecule has 0 bridgehead atoms. The molecule has 0 fully saturated rings. The highest BCUT2D eigenvalue weighted by Crippen LogP contribution is 2.09. The van der Waals surface area contributed by atoms with E-state index in [1.807, 2.05) is 0 Å². The summed E-state index contributed by atoms with van der Waals surface area (Å²) in [6.07, 6.45) is 2.73. The van der Waals surface area contributed by atoms with E-state index in [-0.39, 0.29) is 5.82 Å². The van der Waals surface area contributed by atoms with Gasteiger partial charge in [0, 0.05) is 16.7 Å². The van der Waals surface area contributed by atoms with Crippen LogP contribution in [-0.4, -0.2) is 11.8 Å². The highest BCUT2D eigenvalue weighted by atomic mass is 35.5. The van der Waals surface area contributed by atoms with Crippen LogP contribution in [0.25, 0.3) is 6.08 Å². The Morgan fingerprint density at radius 2 is 1.59 bits per heavy atom. The summed E-state index contributed by atoms with van der Waals surface area (Å²) in [7, 11) is 0. The number of hydrogen-bond donors (Lipinski definition) is 2. The second-order valence-electron chi connectivity index (χ2n) is 4.34. The van der Waals surface area contributed by atoms with Gasteiger partial charge in [0.05, 0.1) is 0 Å². The molecule has 112 valence electrons. The minimum atomic E-state index is -0.508. The molecule has 0 aliphatic heterocycles. The summed E-state index contributed by atoms with van der Waals surface area (Å²) in [5, 5.41) is 0.516. The van der Waals surface area contributed by atoms with Crippen LogP contribution in [0.5, 0.6) is 0 Å². The molecule has 22 heavy (non-hydrogen) atoms. The Balaban J connectivity index is 1.86. The number of nitrogens with one attached hydrogen (secondary N) is 2. The fraction of sp³-hybridized carbons (Fsp3) is 0. The van der Waals surface area contributed by atoms with Crippen molar-refractivity contribution in [2.24, 2.45) is 0 Å². The molecule has 0 aromatic heterocycles. The van der Waals surface area contributed by atoms with Crippen LogP contribution in [0.15, 0.2) is 54.6 Å². The van der Waals surface area contributed by atoms with Crippen molar-refractivity contribution >= 4 is 29.5 Å². The van der Waals surface area contributed by atoms with Gasteiger partial charge in [-0.05, 0) is 48.0 Å². The van der Waals surface area contributed by atoms with E-state index in [0.717, 1.165) is 0 Å². The van der Waals surface area contributed by atoms with Gasteiger partial charge in [0.2, 0.25) is 0 Å². The van der Waals surface area contributed by atoms with E-state index in [2.05, 4.69) is 10.9 Å². The third kappa shape index (κ3) is 4.71. The summed E-state index contributed by atoms with van der Waals surface area (Å²) in [5.74, 6) is -1.32. The first-order valence-corrected chi connectivity index (χ1v) is 6.72. The van der Waals surface area contributed by atoms with Crippen LogP contribution in [0, 0.1) is 5.82 Å². The summed E-state index contributed by atoms with van der Waals surface area (Å²) in [6, 6.07) is 11.9. The molecule has 0 saturated heterocycles. The molecule has 0 radical (unpaired) electrons. The first-order valence-electron chi connectivity index (χ1n) is 6.34. The van der Waals surface area contributed by atoms with Gasteiger partial charge in [-0.3, -0.25) is 20.4 Å². The molecule has 0 heterocycles. The van der Waals surface area contributed by atoms with Gasteiger partial charge in [-0.2, -0.15) is 0 Å². The first-order chi connectivity index (χ1) is 10.5. The smallest absolute Gasteiger partial charge is 0.268 e. The maximum absolute atomic E-state index is 12.7. The number of halogens is 2. The van der Waals surface area contributed by atoms with Gasteiger partial charge in [0.1, 0.15) is 5.82 Å². The average molecular weight is 319 g/mol. The van der Waals surface area contributed by atoms with E-state index in [4.69, 9.17) is 11.6 Å². The molecule has 0 aliphatic rings. The van der Waals surface area contributed by atoms with Crippen molar-refractivity contribution < 1.29 is 14.0 Å². The molecule has 2 rings (SSSR count). The SMILES string of the molecule is O=C(/C=C/c1ccc(F)cc1)NNC(=O)c1ccc(Cl)cc1. The van der Waals surface area contributed by atoms with E-state index in [1.165, 1.54) is 48.6 Å². The summed E-state index contributed by atoms with van der Waals surface area (Å²) in [4.78, 5) is 23.3. The lowest BCUT2D eigenvalue weighted by atomic mass is 10.2. The third-order valence-electron chi connectivity index (χ3n) is 2.70. The second-order valence-corrected chi connectivity index (χ2v) is 4.77. The molecule has 2 aromatic carbocycles. The molecule has 2 aromatic rings. The van der Waals surface area contributed by atoms with Crippen molar-refractivity contribution in [3.63, 3.8) is 0 Å². The van der Waals surface area contributed by atoms with Crippen molar-refractivity contribution in [3.8, 4) is 0 Å². The zero-order valence-corrected chi connectivity index (χ0v) is 12.1. The van der Waals surface area contributed by atoms with Gasteiger partial charge in [0.25, 0.3) is 11.8 Å². The van der Waals surface area contributed by atoms with Crippen molar-refractivity contribution in [1.29, 1.82) is 0 Å². The Labute approximate surface area is 131 Å². The third-order valence-corrected chi connectivity index (χ3v) is 2.95. The predicted octanol–water partition coefficient (Wildman–Crippen LogP) is 2.95. The monoisotopic (exact) mass is 318 g/mol. The second kappa shape index (κ2) is 7.38. The number of hydrazine groups is 1. The average Bonchev–Trinajstić information content (AvgIpc) is 2.52. The molecule has 0 unspecified atom stereocenters. The van der Waals surface area contributed by atoms with Crippen molar-refractivity contribution in [2.45, 2.75) is 0 Å². The molecule has 0 spiro atoms. The fourth-order valence-electron chi connectivity index (χ4n) is 1.58. The number of benzene rings is 2. The van der Waals surface area contributed by atoms with Crippen LogP contribution in [-0.2, 0) is 4.79 Å². The van der Waals surface area contributed by atoms with Gasteiger partial charge >= 0.3 is 0 Å². The first kappa shape index (κ1) is 15.7. The maximum Gasteiger partial charge on any atom is 0.269 e. The quantitative estimate of drug-likeness (QED) is 0.675.